The van der Waals surface area contributed by atoms with Gasteiger partial charge in [0.05, 0.1) is 22.8 Å². The number of hydrogen-bond acceptors (Lipinski definition) is 2. The van der Waals surface area contributed by atoms with Gasteiger partial charge in [-0.3, -0.25) is 4.98 Å². The number of aromatic nitrogens is 2. The number of benzene rings is 1. The summed E-state index contributed by atoms with van der Waals surface area (Å²) in [5.74, 6) is -0.429. The number of thiocarbonyl (C=S) groups is 1. The molecule has 0 saturated carbocycles. The van der Waals surface area contributed by atoms with Gasteiger partial charge in [0.1, 0.15) is 5.82 Å². The number of halogens is 2. The molecule has 2 aromatic heterocycles. The zero-order chi connectivity index (χ0) is 19.7. The minimum atomic E-state index is -0.429. The van der Waals surface area contributed by atoms with Gasteiger partial charge < -0.3 is 14.8 Å². The Balaban J connectivity index is 1.81. The van der Waals surface area contributed by atoms with Crippen molar-refractivity contribution in [1.82, 2.24) is 19.8 Å². The number of nitrogens with zero attached hydrogens (tertiary/aromatic N) is 3. The van der Waals surface area contributed by atoms with Crippen molar-refractivity contribution in [3.05, 3.63) is 83.2 Å². The van der Waals surface area contributed by atoms with Gasteiger partial charge in [-0.1, -0.05) is 24.6 Å². The van der Waals surface area contributed by atoms with Crippen molar-refractivity contribution in [2.24, 2.45) is 0 Å². The van der Waals surface area contributed by atoms with Crippen molar-refractivity contribution >= 4 is 28.9 Å². The average molecular weight is 415 g/mol. The Labute approximate surface area is 174 Å². The Kier molecular flexibility index (Phi) is 5.33. The van der Waals surface area contributed by atoms with Gasteiger partial charge in [0.15, 0.2) is 5.11 Å². The molecule has 1 aliphatic heterocycles. The number of pyridine rings is 1. The number of hydrogen-bond donors (Lipinski definition) is 1. The van der Waals surface area contributed by atoms with Gasteiger partial charge in [0.25, 0.3) is 0 Å². The summed E-state index contributed by atoms with van der Waals surface area (Å²) in [5.41, 5.74) is 2.78. The summed E-state index contributed by atoms with van der Waals surface area (Å²) in [6, 6.07) is 14.6. The largest absolute Gasteiger partial charge is 0.352 e. The van der Waals surface area contributed by atoms with Crippen molar-refractivity contribution < 1.29 is 4.39 Å². The summed E-state index contributed by atoms with van der Waals surface area (Å²) >= 11 is 11.7. The Morgan fingerprint density at radius 3 is 2.79 bits per heavy atom. The molecule has 0 unspecified atom stereocenters. The van der Waals surface area contributed by atoms with Crippen LogP contribution in [0.3, 0.4) is 0 Å². The van der Waals surface area contributed by atoms with Gasteiger partial charge in [-0.05, 0) is 61.1 Å². The van der Waals surface area contributed by atoms with Crippen LogP contribution in [-0.4, -0.2) is 26.1 Å². The molecule has 4 rings (SSSR count). The van der Waals surface area contributed by atoms with E-state index in [1.807, 2.05) is 35.0 Å². The number of rotatable bonds is 5. The van der Waals surface area contributed by atoms with E-state index in [0.717, 1.165) is 30.0 Å². The summed E-state index contributed by atoms with van der Waals surface area (Å²) in [4.78, 5) is 6.75. The van der Waals surface area contributed by atoms with Crippen molar-refractivity contribution in [2.45, 2.75) is 25.4 Å². The first-order chi connectivity index (χ1) is 13.6. The third-order valence-corrected chi connectivity index (χ3v) is 5.57. The molecule has 4 nitrogen and oxygen atoms in total. The molecule has 28 heavy (non-hydrogen) atoms. The van der Waals surface area contributed by atoms with Crippen LogP contribution in [0.4, 0.5) is 4.39 Å². The van der Waals surface area contributed by atoms with Crippen LogP contribution in [0.1, 0.15) is 36.8 Å². The van der Waals surface area contributed by atoms with Gasteiger partial charge in [-0.25, -0.2) is 4.39 Å². The Morgan fingerprint density at radius 2 is 2.07 bits per heavy atom. The van der Waals surface area contributed by atoms with Crippen LogP contribution in [0.25, 0.3) is 5.69 Å². The van der Waals surface area contributed by atoms with E-state index in [1.54, 1.807) is 18.3 Å². The molecule has 2 atom stereocenters. The SMILES string of the molecule is CCCN1C(=S)N[C@H](c2ccccn2)[C@@H]1c1cccn1-c1ccc(F)c(Cl)c1. The second-order valence-corrected chi connectivity index (χ2v) is 7.52. The van der Waals surface area contributed by atoms with E-state index in [-0.39, 0.29) is 17.1 Å². The van der Waals surface area contributed by atoms with Crippen molar-refractivity contribution in [1.29, 1.82) is 0 Å². The highest BCUT2D eigenvalue weighted by molar-refractivity contribution is 7.80. The molecule has 3 aromatic rings. The molecule has 1 saturated heterocycles. The summed E-state index contributed by atoms with van der Waals surface area (Å²) in [6.45, 7) is 2.96. The first-order valence-corrected chi connectivity index (χ1v) is 9.99. The molecule has 0 radical (unpaired) electrons. The van der Waals surface area contributed by atoms with E-state index < -0.39 is 5.82 Å². The second kappa shape index (κ2) is 7.89. The standard InChI is InChI=1S/C21H20ClFN4S/c1-2-11-27-20(19(25-21(27)28)17-6-3-4-10-24-17)18-7-5-12-26(18)14-8-9-16(23)15(22)13-14/h3-10,12-13,19-20H,2,11H2,1H3,(H,25,28)/t19-,20+/m1/s1. The molecule has 1 fully saturated rings. The lowest BCUT2D eigenvalue weighted by molar-refractivity contribution is 0.309. The lowest BCUT2D eigenvalue weighted by Gasteiger charge is -2.28. The fraction of sp³-hybridized carbons (Fsp3) is 0.238. The van der Waals surface area contributed by atoms with Crippen LogP contribution in [-0.2, 0) is 0 Å². The molecule has 144 valence electrons. The molecule has 1 aromatic carbocycles. The van der Waals surface area contributed by atoms with Crippen LogP contribution in [0, 0.1) is 5.82 Å². The second-order valence-electron chi connectivity index (χ2n) is 6.72. The quantitative estimate of drug-likeness (QED) is 0.592. The highest BCUT2D eigenvalue weighted by Gasteiger charge is 2.40. The summed E-state index contributed by atoms with van der Waals surface area (Å²) in [5, 5.41) is 4.25. The van der Waals surface area contributed by atoms with Crippen LogP contribution < -0.4 is 5.32 Å². The van der Waals surface area contributed by atoms with Crippen LogP contribution in [0.5, 0.6) is 0 Å². The fourth-order valence-electron chi connectivity index (χ4n) is 3.71. The molecule has 0 bridgehead atoms. The smallest absolute Gasteiger partial charge is 0.170 e. The first kappa shape index (κ1) is 18.9. The van der Waals surface area contributed by atoms with Crippen molar-refractivity contribution in [2.75, 3.05) is 6.54 Å². The molecular formula is C21H20ClFN4S. The van der Waals surface area contributed by atoms with Crippen molar-refractivity contribution in [3.8, 4) is 5.69 Å². The van der Waals surface area contributed by atoms with E-state index in [2.05, 4.69) is 28.2 Å². The van der Waals surface area contributed by atoms with Gasteiger partial charge in [0.2, 0.25) is 0 Å². The maximum Gasteiger partial charge on any atom is 0.170 e. The number of nitrogens with one attached hydrogen (secondary N) is 1. The molecular weight excluding hydrogens is 395 g/mol. The van der Waals surface area contributed by atoms with Crippen LogP contribution in [0.2, 0.25) is 5.02 Å². The minimum absolute atomic E-state index is 0.0406. The predicted octanol–water partition coefficient (Wildman–Crippen LogP) is 5.05. The molecule has 0 aliphatic carbocycles. The Hall–Kier alpha value is -2.44. The highest BCUT2D eigenvalue weighted by Crippen LogP contribution is 2.39. The van der Waals surface area contributed by atoms with E-state index >= 15 is 0 Å². The van der Waals surface area contributed by atoms with Gasteiger partial charge in [-0.2, -0.15) is 0 Å². The summed E-state index contributed by atoms with van der Waals surface area (Å²) < 4.78 is 15.7. The fourth-order valence-corrected chi connectivity index (χ4v) is 4.22. The Bertz CT molecular complexity index is 991. The zero-order valence-electron chi connectivity index (χ0n) is 15.3. The molecule has 1 aliphatic rings. The van der Waals surface area contributed by atoms with Crippen LogP contribution >= 0.6 is 23.8 Å². The van der Waals surface area contributed by atoms with E-state index in [0.29, 0.717) is 5.11 Å². The molecule has 0 amide bonds. The monoisotopic (exact) mass is 414 g/mol. The molecule has 1 N–H and O–H groups in total. The average Bonchev–Trinajstić information content (AvgIpc) is 3.30. The lowest BCUT2D eigenvalue weighted by Crippen LogP contribution is -2.31. The lowest BCUT2D eigenvalue weighted by atomic mass is 10.0. The third-order valence-electron chi connectivity index (χ3n) is 4.93. The maximum absolute atomic E-state index is 13.7. The maximum atomic E-state index is 13.7. The van der Waals surface area contributed by atoms with Crippen LogP contribution in [0.15, 0.2) is 60.9 Å². The zero-order valence-corrected chi connectivity index (χ0v) is 16.9. The summed E-state index contributed by atoms with van der Waals surface area (Å²) in [6.07, 6.45) is 4.72. The normalized spacial score (nSPS) is 19.1. The van der Waals surface area contributed by atoms with Gasteiger partial charge in [-0.15, -0.1) is 0 Å². The molecule has 7 heteroatoms. The van der Waals surface area contributed by atoms with Crippen molar-refractivity contribution in [3.63, 3.8) is 0 Å². The van der Waals surface area contributed by atoms with Gasteiger partial charge in [0, 0.05) is 30.3 Å². The third kappa shape index (κ3) is 3.38. The highest BCUT2D eigenvalue weighted by atomic mass is 35.5. The predicted molar refractivity (Wildman–Crippen MR) is 113 cm³/mol. The topological polar surface area (TPSA) is 33.1 Å². The van der Waals surface area contributed by atoms with Gasteiger partial charge >= 0.3 is 0 Å². The molecule has 0 spiro atoms. The molecule has 3 heterocycles. The van der Waals surface area contributed by atoms with E-state index in [9.17, 15) is 4.39 Å². The minimum Gasteiger partial charge on any atom is -0.352 e. The van der Waals surface area contributed by atoms with E-state index in [4.69, 9.17) is 23.8 Å². The Morgan fingerprint density at radius 1 is 1.21 bits per heavy atom. The first-order valence-electron chi connectivity index (χ1n) is 9.21. The summed E-state index contributed by atoms with van der Waals surface area (Å²) in [7, 11) is 0. The van der Waals surface area contributed by atoms with E-state index in [1.165, 1.54) is 6.07 Å².